The first-order valence-corrected chi connectivity index (χ1v) is 8.29. The minimum atomic E-state index is 0.496. The second-order valence-corrected chi connectivity index (χ2v) is 6.06. The number of fused-ring (bicyclic) bond motifs is 1. The normalized spacial score (nSPS) is 11.1. The van der Waals surface area contributed by atoms with Crippen LogP contribution < -0.4 is 5.32 Å². The van der Waals surface area contributed by atoms with Crippen LogP contribution in [0.4, 0.5) is 5.82 Å². The van der Waals surface area contributed by atoms with E-state index in [4.69, 9.17) is 23.2 Å². The summed E-state index contributed by atoms with van der Waals surface area (Å²) in [5.74, 6) is 1.52. The number of hydrogen-bond acceptors (Lipinski definition) is 4. The van der Waals surface area contributed by atoms with Gasteiger partial charge in [0, 0.05) is 22.2 Å². The zero-order valence-electron chi connectivity index (χ0n) is 12.8. The Morgan fingerprint density at radius 2 is 1.91 bits per heavy atom. The number of aromatic nitrogens is 4. The highest BCUT2D eigenvalue weighted by Gasteiger charge is 2.18. The van der Waals surface area contributed by atoms with E-state index in [-0.39, 0.29) is 0 Å². The van der Waals surface area contributed by atoms with Crippen LogP contribution in [0.15, 0.2) is 30.9 Å². The van der Waals surface area contributed by atoms with Crippen molar-refractivity contribution < 1.29 is 0 Å². The first-order chi connectivity index (χ1) is 11.2. The van der Waals surface area contributed by atoms with Gasteiger partial charge in [-0.05, 0) is 18.6 Å². The van der Waals surface area contributed by atoms with Crippen LogP contribution in [0.3, 0.4) is 0 Å². The standard InChI is InChI=1S/C16H17Cl2N5/c1-2-3-7-19-15-14-16(21-9-20-14)23(10-22-15)8-11-12(17)5-4-6-13(11)18/h4-6,9-10,19H,2-3,7-8H2,1H3. The molecular weight excluding hydrogens is 333 g/mol. The molecule has 2 aliphatic rings. The van der Waals surface area contributed by atoms with Crippen molar-refractivity contribution >= 4 is 29.0 Å². The van der Waals surface area contributed by atoms with Gasteiger partial charge < -0.3 is 9.88 Å². The molecule has 0 saturated heterocycles. The van der Waals surface area contributed by atoms with Gasteiger partial charge >= 0.3 is 0 Å². The van der Waals surface area contributed by atoms with Crippen LogP contribution in [0.1, 0.15) is 25.3 Å². The van der Waals surface area contributed by atoms with Crippen molar-refractivity contribution in [3.63, 3.8) is 0 Å². The molecule has 0 bridgehead atoms. The van der Waals surface area contributed by atoms with Crippen LogP contribution in [0.25, 0.3) is 11.5 Å². The highest BCUT2D eigenvalue weighted by atomic mass is 35.5. The molecule has 3 rings (SSSR count). The molecule has 1 aromatic carbocycles. The highest BCUT2D eigenvalue weighted by Crippen LogP contribution is 2.29. The van der Waals surface area contributed by atoms with Crippen LogP contribution in [0, 0.1) is 0 Å². The molecular formula is C16H17Cl2N5. The molecule has 7 heteroatoms. The zero-order chi connectivity index (χ0) is 16.2. The van der Waals surface area contributed by atoms with E-state index in [1.807, 2.05) is 22.8 Å². The van der Waals surface area contributed by atoms with Gasteiger partial charge in [-0.15, -0.1) is 0 Å². The van der Waals surface area contributed by atoms with Crippen molar-refractivity contribution in [3.8, 4) is 11.5 Å². The second kappa shape index (κ2) is 7.15. The van der Waals surface area contributed by atoms with E-state index in [9.17, 15) is 0 Å². The van der Waals surface area contributed by atoms with Gasteiger partial charge in [-0.2, -0.15) is 0 Å². The second-order valence-electron chi connectivity index (χ2n) is 5.25. The lowest BCUT2D eigenvalue weighted by molar-refractivity contribution is 0.758. The number of anilines is 1. The topological polar surface area (TPSA) is 55.6 Å². The smallest absolute Gasteiger partial charge is 0.165 e. The molecule has 0 atom stereocenters. The van der Waals surface area contributed by atoms with Gasteiger partial charge in [-0.25, -0.2) is 15.0 Å². The lowest BCUT2D eigenvalue weighted by atomic mass is 10.2. The van der Waals surface area contributed by atoms with Crippen molar-refractivity contribution in [3.05, 3.63) is 46.5 Å². The van der Waals surface area contributed by atoms with Crippen molar-refractivity contribution in [2.45, 2.75) is 26.3 Å². The van der Waals surface area contributed by atoms with Crippen LogP contribution in [-0.2, 0) is 6.54 Å². The third-order valence-electron chi connectivity index (χ3n) is 3.61. The predicted octanol–water partition coefficient (Wildman–Crippen LogP) is 4.35. The Morgan fingerprint density at radius 3 is 2.65 bits per heavy atom. The lowest BCUT2D eigenvalue weighted by Gasteiger charge is -2.15. The lowest BCUT2D eigenvalue weighted by Crippen LogP contribution is -2.12. The molecule has 0 radical (unpaired) electrons. The Balaban J connectivity index is 1.91. The molecule has 0 saturated carbocycles. The van der Waals surface area contributed by atoms with Gasteiger partial charge in [-0.1, -0.05) is 42.6 Å². The minimum Gasteiger partial charge on any atom is -0.368 e. The summed E-state index contributed by atoms with van der Waals surface area (Å²) in [4.78, 5) is 13.1. The molecule has 2 heterocycles. The molecule has 0 amide bonds. The van der Waals surface area contributed by atoms with E-state index in [2.05, 4.69) is 27.2 Å². The van der Waals surface area contributed by atoms with Crippen molar-refractivity contribution in [1.29, 1.82) is 0 Å². The van der Waals surface area contributed by atoms with Gasteiger partial charge in [0.05, 0.1) is 12.9 Å². The molecule has 120 valence electrons. The molecule has 23 heavy (non-hydrogen) atoms. The first-order valence-electron chi connectivity index (χ1n) is 7.53. The van der Waals surface area contributed by atoms with Gasteiger partial charge in [0.2, 0.25) is 0 Å². The van der Waals surface area contributed by atoms with Gasteiger partial charge in [0.1, 0.15) is 6.33 Å². The number of unbranched alkanes of at least 4 members (excludes halogenated alkanes) is 1. The Bertz CT molecular complexity index is 751. The van der Waals surface area contributed by atoms with Crippen LogP contribution in [0.5, 0.6) is 0 Å². The Hall–Kier alpha value is -1.85. The number of hydrogen-bond donors (Lipinski definition) is 1. The van der Waals surface area contributed by atoms with E-state index in [0.29, 0.717) is 16.6 Å². The summed E-state index contributed by atoms with van der Waals surface area (Å²) in [6.45, 7) is 3.51. The Kier molecular flexibility index (Phi) is 4.98. The van der Waals surface area contributed by atoms with E-state index >= 15 is 0 Å². The largest absolute Gasteiger partial charge is 0.368 e. The highest BCUT2D eigenvalue weighted by molar-refractivity contribution is 6.35. The SMILES string of the molecule is CCCCNc1ncn(Cc2c(Cl)cccc2Cl)c2ncnc1-2. The summed E-state index contributed by atoms with van der Waals surface area (Å²) in [6.07, 6.45) is 5.50. The van der Waals surface area contributed by atoms with Gasteiger partial charge in [0.15, 0.2) is 17.3 Å². The average Bonchev–Trinajstić information content (AvgIpc) is 3.03. The quantitative estimate of drug-likeness (QED) is 0.672. The van der Waals surface area contributed by atoms with E-state index < -0.39 is 0 Å². The molecule has 0 aromatic heterocycles. The fourth-order valence-corrected chi connectivity index (χ4v) is 2.88. The maximum Gasteiger partial charge on any atom is 0.165 e. The summed E-state index contributed by atoms with van der Waals surface area (Å²) in [5, 5.41) is 4.56. The van der Waals surface area contributed by atoms with Crippen molar-refractivity contribution in [1.82, 2.24) is 19.5 Å². The predicted molar refractivity (Wildman–Crippen MR) is 93.4 cm³/mol. The Morgan fingerprint density at radius 1 is 1.13 bits per heavy atom. The average molecular weight is 350 g/mol. The van der Waals surface area contributed by atoms with Gasteiger partial charge in [-0.3, -0.25) is 0 Å². The molecule has 1 N–H and O–H groups in total. The summed E-state index contributed by atoms with van der Waals surface area (Å²) in [7, 11) is 0. The van der Waals surface area contributed by atoms with Crippen LogP contribution in [0.2, 0.25) is 10.0 Å². The number of rotatable bonds is 6. The monoisotopic (exact) mass is 349 g/mol. The van der Waals surface area contributed by atoms with Crippen molar-refractivity contribution in [2.24, 2.45) is 0 Å². The zero-order valence-corrected chi connectivity index (χ0v) is 14.3. The van der Waals surface area contributed by atoms with Crippen LogP contribution in [-0.4, -0.2) is 26.1 Å². The number of nitrogens with one attached hydrogen (secondary N) is 1. The maximum atomic E-state index is 6.25. The summed E-state index contributed by atoms with van der Waals surface area (Å²) in [5.41, 5.74) is 1.60. The molecule has 1 aromatic rings. The number of imidazole rings is 1. The Labute approximate surface area is 145 Å². The number of nitrogens with zero attached hydrogens (tertiary/aromatic N) is 4. The fourth-order valence-electron chi connectivity index (χ4n) is 2.36. The fraction of sp³-hybridized carbons (Fsp3) is 0.312. The van der Waals surface area contributed by atoms with Gasteiger partial charge in [0.25, 0.3) is 0 Å². The molecule has 0 spiro atoms. The molecule has 2 aliphatic heterocycles. The summed E-state index contributed by atoms with van der Waals surface area (Å²) < 4.78 is 1.90. The van der Waals surface area contributed by atoms with E-state index in [0.717, 1.165) is 42.3 Å². The molecule has 0 unspecified atom stereocenters. The first kappa shape index (κ1) is 16.0. The summed E-state index contributed by atoms with van der Waals surface area (Å²) >= 11 is 12.5. The van der Waals surface area contributed by atoms with E-state index in [1.54, 1.807) is 12.7 Å². The number of benzene rings is 1. The van der Waals surface area contributed by atoms with Crippen LogP contribution >= 0.6 is 23.2 Å². The maximum absolute atomic E-state index is 6.25. The number of halogens is 2. The molecule has 5 nitrogen and oxygen atoms in total. The van der Waals surface area contributed by atoms with E-state index in [1.165, 1.54) is 0 Å². The third-order valence-corrected chi connectivity index (χ3v) is 4.32. The minimum absolute atomic E-state index is 0.496. The summed E-state index contributed by atoms with van der Waals surface area (Å²) in [6, 6.07) is 5.48. The molecule has 0 fully saturated rings. The molecule has 0 aliphatic carbocycles. The third kappa shape index (κ3) is 3.41. The van der Waals surface area contributed by atoms with Crippen molar-refractivity contribution in [2.75, 3.05) is 11.9 Å².